The molecule has 7 nitrogen and oxygen atoms in total. The van der Waals surface area contributed by atoms with Crippen LogP contribution in [-0.4, -0.2) is 31.8 Å². The quantitative estimate of drug-likeness (QED) is 0.792. The predicted molar refractivity (Wildman–Crippen MR) is 79.5 cm³/mol. The second-order valence-electron chi connectivity index (χ2n) is 6.28. The maximum atomic E-state index is 11.9. The minimum Gasteiger partial charge on any atom is -0.361 e. The van der Waals surface area contributed by atoms with Crippen molar-refractivity contribution in [3.05, 3.63) is 17.0 Å². The zero-order valence-corrected chi connectivity index (χ0v) is 13.4. The Labute approximate surface area is 129 Å². The highest BCUT2D eigenvalue weighted by Gasteiger charge is 2.29. The van der Waals surface area contributed by atoms with E-state index in [1.165, 1.54) is 0 Å². The first kappa shape index (κ1) is 15.5. The zero-order chi connectivity index (χ0) is 15.7. The highest BCUT2D eigenvalue weighted by molar-refractivity contribution is 7.88. The van der Waals surface area contributed by atoms with E-state index in [-0.39, 0.29) is 18.5 Å². The van der Waals surface area contributed by atoms with E-state index in [0.29, 0.717) is 24.5 Å². The molecule has 1 fully saturated rings. The van der Waals surface area contributed by atoms with Crippen molar-refractivity contribution in [3.8, 4) is 0 Å². The smallest absolute Gasteiger partial charge is 0.220 e. The molecule has 1 unspecified atom stereocenters. The molecule has 1 heterocycles. The molecule has 1 saturated carbocycles. The standard InChI is InChI=1S/C14H21N3O4S/c1-22(19,20)15-8-12-11-7-10(4-5-13(11)21-17-12)16-14(18)6-9-2-3-9/h9-10,15H,2-8H2,1H3,(H,16,18). The summed E-state index contributed by atoms with van der Waals surface area (Å²) < 4.78 is 30.1. The fourth-order valence-corrected chi connectivity index (χ4v) is 3.19. The third-order valence-corrected chi connectivity index (χ3v) is 4.83. The maximum absolute atomic E-state index is 11.9. The van der Waals surface area contributed by atoms with E-state index in [4.69, 9.17) is 4.52 Å². The lowest BCUT2D eigenvalue weighted by molar-refractivity contribution is -0.122. The van der Waals surface area contributed by atoms with Crippen LogP contribution in [0.25, 0.3) is 0 Å². The molecule has 1 amide bonds. The van der Waals surface area contributed by atoms with Gasteiger partial charge in [0, 0.05) is 24.4 Å². The molecule has 2 aliphatic rings. The molecule has 0 aliphatic heterocycles. The van der Waals surface area contributed by atoms with Crippen molar-refractivity contribution in [3.63, 3.8) is 0 Å². The Balaban J connectivity index is 1.60. The van der Waals surface area contributed by atoms with E-state index in [0.717, 1.165) is 43.3 Å². The van der Waals surface area contributed by atoms with Gasteiger partial charge in [0.1, 0.15) is 11.5 Å². The van der Waals surface area contributed by atoms with Crippen LogP contribution < -0.4 is 10.0 Å². The molecular weight excluding hydrogens is 306 g/mol. The summed E-state index contributed by atoms with van der Waals surface area (Å²) in [5.41, 5.74) is 1.54. The van der Waals surface area contributed by atoms with E-state index in [2.05, 4.69) is 15.2 Å². The molecule has 8 heteroatoms. The number of aryl methyl sites for hydroxylation is 1. The highest BCUT2D eigenvalue weighted by atomic mass is 32.2. The van der Waals surface area contributed by atoms with Crippen LogP contribution in [-0.2, 0) is 34.2 Å². The Hall–Kier alpha value is -1.41. The molecule has 2 N–H and O–H groups in total. The fraction of sp³-hybridized carbons (Fsp3) is 0.714. The number of rotatable bonds is 6. The summed E-state index contributed by atoms with van der Waals surface area (Å²) in [6.07, 6.45) is 6.25. The molecule has 0 spiro atoms. The van der Waals surface area contributed by atoms with Crippen molar-refractivity contribution in [1.29, 1.82) is 0 Å². The van der Waals surface area contributed by atoms with Gasteiger partial charge in [-0.2, -0.15) is 0 Å². The maximum Gasteiger partial charge on any atom is 0.220 e. The molecule has 0 saturated heterocycles. The van der Waals surface area contributed by atoms with Crippen molar-refractivity contribution in [2.45, 2.75) is 51.1 Å². The number of hydrogen-bond donors (Lipinski definition) is 2. The number of nitrogens with zero attached hydrogens (tertiary/aromatic N) is 1. The van der Waals surface area contributed by atoms with Crippen LogP contribution in [0.3, 0.4) is 0 Å². The van der Waals surface area contributed by atoms with E-state index in [1.807, 2.05) is 0 Å². The van der Waals surface area contributed by atoms with Crippen molar-refractivity contribution >= 4 is 15.9 Å². The van der Waals surface area contributed by atoms with Crippen LogP contribution >= 0.6 is 0 Å². The average Bonchev–Trinajstić information content (AvgIpc) is 3.14. The number of carbonyl (C=O) groups excluding carboxylic acids is 1. The lowest BCUT2D eigenvalue weighted by Gasteiger charge is -2.22. The third-order valence-electron chi connectivity index (χ3n) is 4.16. The Kier molecular flexibility index (Phi) is 4.22. The Morgan fingerprint density at radius 3 is 2.82 bits per heavy atom. The minimum absolute atomic E-state index is 0.0788. The summed E-state index contributed by atoms with van der Waals surface area (Å²) in [6.45, 7) is 0.125. The molecule has 122 valence electrons. The summed E-state index contributed by atoms with van der Waals surface area (Å²) in [4.78, 5) is 11.9. The van der Waals surface area contributed by atoms with Gasteiger partial charge in [0.2, 0.25) is 15.9 Å². The first-order valence-electron chi connectivity index (χ1n) is 7.61. The van der Waals surface area contributed by atoms with Crippen molar-refractivity contribution in [2.24, 2.45) is 5.92 Å². The third kappa shape index (κ3) is 4.07. The van der Waals surface area contributed by atoms with E-state index >= 15 is 0 Å². The first-order chi connectivity index (χ1) is 10.4. The van der Waals surface area contributed by atoms with Crippen molar-refractivity contribution in [1.82, 2.24) is 15.2 Å². The Bertz CT molecular complexity index is 664. The largest absolute Gasteiger partial charge is 0.361 e. The second kappa shape index (κ2) is 6.00. The van der Waals surface area contributed by atoms with Crippen LogP contribution in [0.2, 0.25) is 0 Å². The van der Waals surface area contributed by atoms with Gasteiger partial charge in [-0.3, -0.25) is 4.79 Å². The Morgan fingerprint density at radius 1 is 1.36 bits per heavy atom. The zero-order valence-electron chi connectivity index (χ0n) is 12.6. The molecule has 1 atom stereocenters. The van der Waals surface area contributed by atoms with Crippen LogP contribution in [0.15, 0.2) is 4.52 Å². The molecular formula is C14H21N3O4S. The van der Waals surface area contributed by atoms with Crippen molar-refractivity contribution in [2.75, 3.05) is 6.26 Å². The minimum atomic E-state index is -3.27. The molecule has 1 aromatic heterocycles. The predicted octanol–water partition coefficient (Wildman–Crippen LogP) is 0.497. The molecule has 0 aromatic carbocycles. The fourth-order valence-electron chi connectivity index (χ4n) is 2.80. The van der Waals surface area contributed by atoms with Crippen LogP contribution in [0.4, 0.5) is 0 Å². The summed E-state index contributed by atoms with van der Waals surface area (Å²) in [5, 5.41) is 7.03. The van der Waals surface area contributed by atoms with Gasteiger partial charge in [0.05, 0.1) is 12.8 Å². The highest BCUT2D eigenvalue weighted by Crippen LogP contribution is 2.32. The molecule has 2 aliphatic carbocycles. The molecule has 22 heavy (non-hydrogen) atoms. The molecule has 0 radical (unpaired) electrons. The number of aromatic nitrogens is 1. The summed E-state index contributed by atoms with van der Waals surface area (Å²) in [7, 11) is -3.27. The van der Waals surface area contributed by atoms with E-state index < -0.39 is 10.0 Å². The van der Waals surface area contributed by atoms with Crippen LogP contribution in [0.5, 0.6) is 0 Å². The number of carbonyl (C=O) groups is 1. The number of nitrogens with one attached hydrogen (secondary N) is 2. The molecule has 1 aromatic rings. The van der Waals surface area contributed by atoms with E-state index in [1.54, 1.807) is 0 Å². The van der Waals surface area contributed by atoms with Crippen molar-refractivity contribution < 1.29 is 17.7 Å². The topological polar surface area (TPSA) is 101 Å². The summed E-state index contributed by atoms with van der Waals surface area (Å²) in [5.74, 6) is 1.49. The van der Waals surface area contributed by atoms with Gasteiger partial charge in [-0.05, 0) is 31.6 Å². The molecule has 3 rings (SSSR count). The average molecular weight is 327 g/mol. The number of fused-ring (bicyclic) bond motifs is 1. The van der Waals surface area contributed by atoms with Gasteiger partial charge in [-0.15, -0.1) is 0 Å². The van der Waals surface area contributed by atoms with Crippen LogP contribution in [0, 0.1) is 5.92 Å². The van der Waals surface area contributed by atoms with Gasteiger partial charge < -0.3 is 9.84 Å². The lowest BCUT2D eigenvalue weighted by Crippen LogP contribution is -2.39. The molecule has 0 bridgehead atoms. The number of sulfonamides is 1. The lowest BCUT2D eigenvalue weighted by atomic mass is 9.92. The van der Waals surface area contributed by atoms with Gasteiger partial charge in [-0.25, -0.2) is 13.1 Å². The number of hydrogen-bond acceptors (Lipinski definition) is 5. The monoisotopic (exact) mass is 327 g/mol. The van der Waals surface area contributed by atoms with Gasteiger partial charge in [0.25, 0.3) is 0 Å². The normalized spacial score (nSPS) is 21.4. The summed E-state index contributed by atoms with van der Waals surface area (Å²) >= 11 is 0. The van der Waals surface area contributed by atoms with Gasteiger partial charge in [0.15, 0.2) is 0 Å². The first-order valence-corrected chi connectivity index (χ1v) is 9.50. The Morgan fingerprint density at radius 2 is 2.14 bits per heavy atom. The number of amides is 1. The summed E-state index contributed by atoms with van der Waals surface area (Å²) in [6, 6.07) is 0.0788. The van der Waals surface area contributed by atoms with Crippen LogP contribution in [0.1, 0.15) is 42.7 Å². The van der Waals surface area contributed by atoms with Gasteiger partial charge in [-0.1, -0.05) is 5.16 Å². The van der Waals surface area contributed by atoms with Gasteiger partial charge >= 0.3 is 0 Å². The van der Waals surface area contributed by atoms with E-state index in [9.17, 15) is 13.2 Å². The SMILES string of the molecule is CS(=O)(=O)NCc1noc2c1CC(NC(=O)CC1CC1)CC2. The second-order valence-corrected chi connectivity index (χ2v) is 8.11.